The molecule has 1 aromatic carbocycles. The molecule has 6 nitrogen and oxygen atoms in total. The maximum absolute atomic E-state index is 12.1. The van der Waals surface area contributed by atoms with Crippen LogP contribution in [0.25, 0.3) is 0 Å². The molecule has 25 heavy (non-hydrogen) atoms. The van der Waals surface area contributed by atoms with Gasteiger partial charge in [0.2, 0.25) is 0 Å². The Morgan fingerprint density at radius 1 is 1.28 bits per heavy atom. The van der Waals surface area contributed by atoms with Gasteiger partial charge in [-0.15, -0.1) is 0 Å². The molecule has 1 aliphatic carbocycles. The molecular weight excluding hydrogens is 320 g/mol. The van der Waals surface area contributed by atoms with Gasteiger partial charge >= 0.3 is 6.03 Å². The second kappa shape index (κ2) is 6.80. The molecule has 1 fully saturated rings. The Kier molecular flexibility index (Phi) is 4.72. The van der Waals surface area contributed by atoms with Gasteiger partial charge < -0.3 is 24.9 Å². The largest absolute Gasteiger partial charge is 0.496 e. The fourth-order valence-corrected chi connectivity index (χ4v) is 3.01. The average Bonchev–Trinajstić information content (AvgIpc) is 3.19. The van der Waals surface area contributed by atoms with E-state index in [9.17, 15) is 9.90 Å². The molecule has 1 atom stereocenters. The molecule has 134 valence electrons. The van der Waals surface area contributed by atoms with E-state index in [0.29, 0.717) is 12.3 Å². The van der Waals surface area contributed by atoms with Crippen molar-refractivity contribution in [3.63, 3.8) is 0 Å². The van der Waals surface area contributed by atoms with Crippen molar-refractivity contribution in [2.45, 2.75) is 30.8 Å². The lowest BCUT2D eigenvalue weighted by molar-refractivity contribution is 0.0367. The van der Waals surface area contributed by atoms with Crippen LogP contribution in [0.5, 0.6) is 5.75 Å². The Balaban J connectivity index is 1.54. The third-order valence-electron chi connectivity index (χ3n) is 4.76. The van der Waals surface area contributed by atoms with Crippen molar-refractivity contribution in [1.29, 1.82) is 0 Å². The summed E-state index contributed by atoms with van der Waals surface area (Å²) < 4.78 is 10.6. The summed E-state index contributed by atoms with van der Waals surface area (Å²) in [5, 5.41) is 16.0. The summed E-state index contributed by atoms with van der Waals surface area (Å²) in [7, 11) is 1.66. The van der Waals surface area contributed by atoms with E-state index in [4.69, 9.17) is 9.15 Å². The number of rotatable bonds is 7. The van der Waals surface area contributed by atoms with Gasteiger partial charge in [-0.05, 0) is 38.0 Å². The van der Waals surface area contributed by atoms with E-state index >= 15 is 0 Å². The summed E-state index contributed by atoms with van der Waals surface area (Å²) >= 11 is 0. The molecule has 3 N–H and O–H groups in total. The van der Waals surface area contributed by atoms with Crippen LogP contribution in [0, 0.1) is 0 Å². The molecule has 1 saturated carbocycles. The number of benzene rings is 1. The van der Waals surface area contributed by atoms with E-state index in [1.807, 2.05) is 24.3 Å². The lowest BCUT2D eigenvalue weighted by atomic mass is 9.95. The normalized spacial score (nSPS) is 17.4. The minimum Gasteiger partial charge on any atom is -0.496 e. The number of aliphatic hydroxyl groups is 1. The molecular formula is C19H24N2O4. The van der Waals surface area contributed by atoms with Crippen molar-refractivity contribution >= 4 is 6.03 Å². The Bertz CT molecular complexity index is 721. The molecule has 1 aromatic heterocycles. The van der Waals surface area contributed by atoms with Crippen molar-refractivity contribution in [2.75, 3.05) is 20.2 Å². The van der Waals surface area contributed by atoms with Gasteiger partial charge in [-0.3, -0.25) is 0 Å². The molecule has 1 aliphatic rings. The Morgan fingerprint density at radius 3 is 2.68 bits per heavy atom. The van der Waals surface area contributed by atoms with Crippen LogP contribution in [-0.4, -0.2) is 31.3 Å². The zero-order valence-electron chi connectivity index (χ0n) is 14.5. The summed E-state index contributed by atoms with van der Waals surface area (Å²) in [6.07, 6.45) is 3.52. The molecule has 0 bridgehead atoms. The van der Waals surface area contributed by atoms with Crippen LogP contribution in [0.1, 0.15) is 31.1 Å². The fourth-order valence-electron chi connectivity index (χ4n) is 3.01. The zero-order valence-corrected chi connectivity index (χ0v) is 14.5. The molecule has 0 unspecified atom stereocenters. The molecule has 2 aromatic rings. The van der Waals surface area contributed by atoms with E-state index in [1.165, 1.54) is 6.26 Å². The van der Waals surface area contributed by atoms with E-state index in [-0.39, 0.29) is 18.0 Å². The summed E-state index contributed by atoms with van der Waals surface area (Å²) in [5.74, 6) is 1.27. The van der Waals surface area contributed by atoms with Gasteiger partial charge in [0.15, 0.2) is 0 Å². The highest BCUT2D eigenvalue weighted by Crippen LogP contribution is 2.50. The van der Waals surface area contributed by atoms with Crippen LogP contribution in [0.4, 0.5) is 4.79 Å². The lowest BCUT2D eigenvalue weighted by Crippen LogP contribution is -2.45. The molecule has 0 aliphatic heterocycles. The summed E-state index contributed by atoms with van der Waals surface area (Å²) in [4.78, 5) is 12.1. The van der Waals surface area contributed by atoms with Gasteiger partial charge in [-0.25, -0.2) is 4.79 Å². The average molecular weight is 344 g/mol. The van der Waals surface area contributed by atoms with E-state index in [1.54, 1.807) is 26.2 Å². The topological polar surface area (TPSA) is 83.7 Å². The Hall–Kier alpha value is -2.47. The molecule has 0 radical (unpaired) electrons. The third-order valence-corrected chi connectivity index (χ3v) is 4.76. The van der Waals surface area contributed by atoms with Crippen LogP contribution in [0.2, 0.25) is 0 Å². The standard InChI is InChI=1S/C19H24N2O4/c1-18(23,16-8-5-11-25-16)12-20-17(22)21-13-19(9-10-19)14-6-3-4-7-15(14)24-2/h3-8,11,23H,9-10,12-13H2,1-2H3,(H2,20,21,22)/t18-/m1/s1. The highest BCUT2D eigenvalue weighted by molar-refractivity contribution is 5.74. The van der Waals surface area contributed by atoms with Crippen molar-refractivity contribution in [1.82, 2.24) is 10.6 Å². The molecule has 1 heterocycles. The zero-order chi connectivity index (χ0) is 17.9. The van der Waals surface area contributed by atoms with Crippen molar-refractivity contribution in [3.05, 3.63) is 54.0 Å². The monoisotopic (exact) mass is 344 g/mol. The highest BCUT2D eigenvalue weighted by Gasteiger charge is 2.46. The van der Waals surface area contributed by atoms with Gasteiger partial charge in [-0.2, -0.15) is 0 Å². The van der Waals surface area contributed by atoms with Crippen LogP contribution in [-0.2, 0) is 11.0 Å². The SMILES string of the molecule is COc1ccccc1C1(CNC(=O)NC[C@@](C)(O)c2ccco2)CC1. The number of hydrogen-bond donors (Lipinski definition) is 3. The first kappa shape index (κ1) is 17.4. The summed E-state index contributed by atoms with van der Waals surface area (Å²) in [6, 6.07) is 11.0. The van der Waals surface area contributed by atoms with E-state index in [0.717, 1.165) is 24.2 Å². The van der Waals surface area contributed by atoms with Gasteiger partial charge in [0.05, 0.1) is 19.9 Å². The Labute approximate surface area is 147 Å². The predicted molar refractivity (Wildman–Crippen MR) is 93.6 cm³/mol. The maximum Gasteiger partial charge on any atom is 0.314 e. The number of urea groups is 1. The summed E-state index contributed by atoms with van der Waals surface area (Å²) in [5.41, 5.74) is -0.186. The number of furan rings is 1. The quantitative estimate of drug-likeness (QED) is 0.721. The van der Waals surface area contributed by atoms with Gasteiger partial charge in [0.1, 0.15) is 17.1 Å². The minimum atomic E-state index is -1.25. The molecule has 0 saturated heterocycles. The van der Waals surface area contributed by atoms with Gasteiger partial charge in [0, 0.05) is 17.5 Å². The number of hydrogen-bond acceptors (Lipinski definition) is 4. The summed E-state index contributed by atoms with van der Waals surface area (Å²) in [6.45, 7) is 2.19. The first-order valence-electron chi connectivity index (χ1n) is 8.38. The Morgan fingerprint density at radius 2 is 2.04 bits per heavy atom. The number of ether oxygens (including phenoxy) is 1. The van der Waals surface area contributed by atoms with Crippen LogP contribution < -0.4 is 15.4 Å². The van der Waals surface area contributed by atoms with E-state index < -0.39 is 5.60 Å². The number of amides is 2. The highest BCUT2D eigenvalue weighted by atomic mass is 16.5. The first-order chi connectivity index (χ1) is 12.0. The lowest BCUT2D eigenvalue weighted by Gasteiger charge is -2.23. The van der Waals surface area contributed by atoms with Crippen LogP contribution in [0.3, 0.4) is 0 Å². The van der Waals surface area contributed by atoms with Gasteiger partial charge in [-0.1, -0.05) is 18.2 Å². The molecule has 2 amide bonds. The molecule has 0 spiro atoms. The van der Waals surface area contributed by atoms with Crippen molar-refractivity contribution in [3.8, 4) is 5.75 Å². The number of nitrogens with one attached hydrogen (secondary N) is 2. The van der Waals surface area contributed by atoms with Crippen molar-refractivity contribution < 1.29 is 19.1 Å². The number of para-hydroxylation sites is 1. The van der Waals surface area contributed by atoms with Gasteiger partial charge in [0.25, 0.3) is 0 Å². The predicted octanol–water partition coefficient (Wildman–Crippen LogP) is 2.53. The second-order valence-electron chi connectivity index (χ2n) is 6.77. The number of carbonyl (C=O) groups excluding carboxylic acids is 1. The van der Waals surface area contributed by atoms with Crippen molar-refractivity contribution in [2.24, 2.45) is 0 Å². The van der Waals surface area contributed by atoms with Crippen LogP contribution in [0.15, 0.2) is 47.1 Å². The number of carbonyl (C=O) groups is 1. The number of methoxy groups -OCH3 is 1. The fraction of sp³-hybridized carbons (Fsp3) is 0.421. The minimum absolute atomic E-state index is 0.0620. The molecule has 3 rings (SSSR count). The smallest absolute Gasteiger partial charge is 0.314 e. The third kappa shape index (κ3) is 3.79. The first-order valence-corrected chi connectivity index (χ1v) is 8.38. The van der Waals surface area contributed by atoms with Crippen LogP contribution >= 0.6 is 0 Å². The maximum atomic E-state index is 12.1. The molecule has 6 heteroatoms. The second-order valence-corrected chi connectivity index (χ2v) is 6.77. The van der Waals surface area contributed by atoms with E-state index in [2.05, 4.69) is 10.6 Å².